The molecule has 2 aliphatic rings. The van der Waals surface area contributed by atoms with Crippen LogP contribution in [-0.4, -0.2) is 59.1 Å². The number of nitrogens with zero attached hydrogens (tertiary/aromatic N) is 4. The van der Waals surface area contributed by atoms with E-state index >= 15 is 0 Å². The highest BCUT2D eigenvalue weighted by Crippen LogP contribution is 2.30. The van der Waals surface area contributed by atoms with E-state index < -0.39 is 39.4 Å². The fourth-order valence-electron chi connectivity index (χ4n) is 5.56. The van der Waals surface area contributed by atoms with Gasteiger partial charge in [-0.25, -0.2) is 13.2 Å². The molecule has 2 aromatic carbocycles. The van der Waals surface area contributed by atoms with Gasteiger partial charge in [-0.2, -0.15) is 9.57 Å². The molecule has 0 spiro atoms. The van der Waals surface area contributed by atoms with Gasteiger partial charge in [-0.15, -0.1) is 0 Å². The number of nitrogens with one attached hydrogen (secondary N) is 2. The summed E-state index contributed by atoms with van der Waals surface area (Å²) in [4.78, 5) is 53.0. The normalized spacial score (nSPS) is 19.1. The number of rotatable bonds is 8. The zero-order valence-corrected chi connectivity index (χ0v) is 26.1. The lowest BCUT2D eigenvalue weighted by Gasteiger charge is -2.36. The number of carbonyl (C=O) groups excluding carboxylic acids is 2. The fraction of sp³-hybridized carbons (Fsp3) is 0.433. The van der Waals surface area contributed by atoms with Gasteiger partial charge < -0.3 is 10.6 Å². The molecule has 5 rings (SSSR count). The molecule has 0 radical (unpaired) electrons. The molecule has 232 valence electrons. The van der Waals surface area contributed by atoms with Crippen molar-refractivity contribution in [2.75, 3.05) is 24.7 Å². The average Bonchev–Trinajstić information content (AvgIpc) is 3.79. The van der Waals surface area contributed by atoms with Crippen molar-refractivity contribution in [2.24, 2.45) is 11.8 Å². The Morgan fingerprint density at radius 3 is 2.45 bits per heavy atom. The highest BCUT2D eigenvalue weighted by molar-refractivity contribution is 7.88. The van der Waals surface area contributed by atoms with Crippen LogP contribution in [0.3, 0.4) is 0 Å². The molecule has 1 aliphatic heterocycles. The van der Waals surface area contributed by atoms with Gasteiger partial charge in [0, 0.05) is 43.0 Å². The maximum Gasteiger partial charge on any atom is 0.331 e. The minimum Gasteiger partial charge on any atom is -0.348 e. The maximum absolute atomic E-state index is 13.5. The molecular formula is C30H33ClN6O6S. The second kappa shape index (κ2) is 12.2. The number of fused-ring (bicyclic) bond motifs is 1. The Morgan fingerprint density at radius 1 is 1.11 bits per heavy atom. The van der Waals surface area contributed by atoms with Crippen molar-refractivity contribution in [1.82, 2.24) is 18.8 Å². The summed E-state index contributed by atoms with van der Waals surface area (Å²) in [6, 6.07) is 10.0. The van der Waals surface area contributed by atoms with E-state index in [1.54, 1.807) is 22.8 Å². The van der Waals surface area contributed by atoms with E-state index in [9.17, 15) is 27.6 Å². The molecule has 0 bridgehead atoms. The van der Waals surface area contributed by atoms with Gasteiger partial charge in [-0.1, -0.05) is 11.6 Å². The number of anilines is 1. The van der Waals surface area contributed by atoms with Crippen LogP contribution in [0.2, 0.25) is 5.02 Å². The van der Waals surface area contributed by atoms with Crippen LogP contribution in [-0.2, 0) is 21.4 Å². The first-order valence-corrected chi connectivity index (χ1v) is 16.5. The summed E-state index contributed by atoms with van der Waals surface area (Å²) in [7, 11) is -3.71. The van der Waals surface area contributed by atoms with Crippen molar-refractivity contribution in [3.05, 3.63) is 73.4 Å². The molecular weight excluding hydrogens is 608 g/mol. The fourth-order valence-corrected chi connectivity index (χ4v) is 6.69. The third-order valence-electron chi connectivity index (χ3n) is 8.03. The molecule has 1 aliphatic carbocycles. The molecule has 2 atom stereocenters. The van der Waals surface area contributed by atoms with Crippen molar-refractivity contribution >= 4 is 50.0 Å². The van der Waals surface area contributed by atoms with E-state index in [0.717, 1.165) is 23.4 Å². The van der Waals surface area contributed by atoms with Crippen molar-refractivity contribution in [1.29, 1.82) is 5.26 Å². The van der Waals surface area contributed by atoms with Gasteiger partial charge in [0.2, 0.25) is 15.9 Å². The number of nitriles is 1. The Balaban J connectivity index is 1.39. The van der Waals surface area contributed by atoms with Crippen LogP contribution in [0.1, 0.15) is 55.1 Å². The maximum atomic E-state index is 13.5. The number of aromatic nitrogens is 2. The molecule has 2 unspecified atom stereocenters. The van der Waals surface area contributed by atoms with Gasteiger partial charge in [0.05, 0.1) is 33.7 Å². The highest BCUT2D eigenvalue weighted by Gasteiger charge is 2.36. The number of carbonyl (C=O) groups is 2. The molecule has 2 heterocycles. The first-order valence-electron chi connectivity index (χ1n) is 14.3. The number of benzene rings is 2. The van der Waals surface area contributed by atoms with Crippen molar-refractivity contribution in [2.45, 2.75) is 51.7 Å². The average molecular weight is 641 g/mol. The topological polar surface area (TPSA) is 163 Å². The molecule has 2 fully saturated rings. The zero-order chi connectivity index (χ0) is 31.9. The third kappa shape index (κ3) is 6.57. The standard InChI is InChI=1S/C30H33ClN6O6S/c1-17(2)37-26-9-8-22(12-24(26)29(40)36(30(37)41)14-18-4-5-18)33-28(39)21-10-23(16-35(15-21)44(3,42)43)34-27(38)19-6-7-20(13-32)25(31)11-19/h6-9,11-12,17-18,21,23H,4-5,10,14-16H2,1-3H3,(H,33,39)(H,34,38). The molecule has 1 aromatic heterocycles. The highest BCUT2D eigenvalue weighted by atomic mass is 35.5. The third-order valence-corrected chi connectivity index (χ3v) is 9.58. The SMILES string of the molecule is CC(C)n1c(=O)n(CC2CC2)c(=O)c2cc(NC(=O)C3CC(NC(=O)c4ccc(C#N)c(Cl)c4)CN(S(C)(=O)=O)C3)ccc21. The molecule has 1 saturated carbocycles. The Labute approximate surface area is 259 Å². The predicted octanol–water partition coefficient (Wildman–Crippen LogP) is 2.70. The van der Waals surface area contributed by atoms with E-state index in [1.165, 1.54) is 22.8 Å². The minimum absolute atomic E-state index is 0.0262. The van der Waals surface area contributed by atoms with E-state index in [2.05, 4.69) is 10.6 Å². The Morgan fingerprint density at radius 2 is 1.84 bits per heavy atom. The smallest absolute Gasteiger partial charge is 0.331 e. The number of hydrogen-bond acceptors (Lipinski definition) is 7. The number of piperidine rings is 1. The van der Waals surface area contributed by atoms with Gasteiger partial charge in [0.15, 0.2) is 0 Å². The molecule has 14 heteroatoms. The molecule has 2 N–H and O–H groups in total. The second-order valence-corrected chi connectivity index (χ2v) is 14.2. The van der Waals surface area contributed by atoms with E-state index in [1.807, 2.05) is 19.9 Å². The number of sulfonamides is 1. The number of amides is 2. The summed E-state index contributed by atoms with van der Waals surface area (Å²) in [5.41, 5.74) is 0.415. The predicted molar refractivity (Wildman–Crippen MR) is 166 cm³/mol. The second-order valence-electron chi connectivity index (χ2n) is 11.8. The van der Waals surface area contributed by atoms with Crippen LogP contribution in [0.4, 0.5) is 5.69 Å². The lowest BCUT2D eigenvalue weighted by atomic mass is 9.94. The van der Waals surface area contributed by atoms with E-state index in [-0.39, 0.29) is 47.4 Å². The lowest BCUT2D eigenvalue weighted by molar-refractivity contribution is -0.121. The van der Waals surface area contributed by atoms with Gasteiger partial charge >= 0.3 is 5.69 Å². The van der Waals surface area contributed by atoms with Crippen molar-refractivity contribution in [3.8, 4) is 6.07 Å². The summed E-state index contributed by atoms with van der Waals surface area (Å²) in [6.07, 6.45) is 3.13. The lowest BCUT2D eigenvalue weighted by Crippen LogP contribution is -2.54. The van der Waals surface area contributed by atoms with Gasteiger partial charge in [0.1, 0.15) is 6.07 Å². The molecule has 12 nitrogen and oxygen atoms in total. The summed E-state index contributed by atoms with van der Waals surface area (Å²) >= 11 is 6.07. The number of halogens is 1. The van der Waals surface area contributed by atoms with Crippen LogP contribution in [0.15, 0.2) is 46.0 Å². The van der Waals surface area contributed by atoms with Crippen LogP contribution >= 0.6 is 11.6 Å². The molecule has 1 saturated heterocycles. The van der Waals surface area contributed by atoms with Gasteiger partial charge in [0.25, 0.3) is 11.5 Å². The van der Waals surface area contributed by atoms with E-state index in [0.29, 0.717) is 29.1 Å². The quantitative estimate of drug-likeness (QED) is 0.382. The van der Waals surface area contributed by atoms with Crippen LogP contribution in [0.5, 0.6) is 0 Å². The summed E-state index contributed by atoms with van der Waals surface area (Å²) in [5.74, 6) is -1.52. The Hall–Kier alpha value is -3.99. The van der Waals surface area contributed by atoms with Crippen LogP contribution < -0.4 is 21.9 Å². The summed E-state index contributed by atoms with van der Waals surface area (Å²) in [5, 5.41) is 15.1. The monoisotopic (exact) mass is 640 g/mol. The Bertz CT molecular complexity index is 1920. The first-order chi connectivity index (χ1) is 20.8. The van der Waals surface area contributed by atoms with Crippen LogP contribution in [0.25, 0.3) is 10.9 Å². The largest absolute Gasteiger partial charge is 0.348 e. The van der Waals surface area contributed by atoms with Gasteiger partial charge in [-0.05, 0) is 75.4 Å². The van der Waals surface area contributed by atoms with E-state index in [4.69, 9.17) is 16.9 Å². The summed E-state index contributed by atoms with van der Waals surface area (Å²) in [6.45, 7) is 3.96. The molecule has 2 amide bonds. The zero-order valence-electron chi connectivity index (χ0n) is 24.5. The molecule has 44 heavy (non-hydrogen) atoms. The van der Waals surface area contributed by atoms with Gasteiger partial charge in [-0.3, -0.25) is 23.5 Å². The number of hydrogen-bond donors (Lipinski definition) is 2. The first kappa shape index (κ1) is 31.4. The van der Waals surface area contributed by atoms with Crippen molar-refractivity contribution < 1.29 is 18.0 Å². The minimum atomic E-state index is -3.71. The van der Waals surface area contributed by atoms with Crippen LogP contribution in [0, 0.1) is 23.2 Å². The Kier molecular flexibility index (Phi) is 8.71. The molecule has 3 aromatic rings. The van der Waals surface area contributed by atoms with Crippen molar-refractivity contribution in [3.63, 3.8) is 0 Å². The summed E-state index contributed by atoms with van der Waals surface area (Å²) < 4.78 is 29.0.